The number of nitrogens with one attached hydrogen (secondary N) is 2. The molecule has 0 aliphatic rings. The van der Waals surface area contributed by atoms with Gasteiger partial charge in [0.2, 0.25) is 0 Å². The zero-order valence-electron chi connectivity index (χ0n) is 24.6. The summed E-state index contributed by atoms with van der Waals surface area (Å²) < 4.78 is 16.8. The van der Waals surface area contributed by atoms with E-state index in [0.717, 1.165) is 5.56 Å². The van der Waals surface area contributed by atoms with Crippen molar-refractivity contribution < 1.29 is 39.2 Å². The average molecular weight is 595 g/mol. The van der Waals surface area contributed by atoms with E-state index in [1.165, 1.54) is 0 Å². The van der Waals surface area contributed by atoms with E-state index in [1.54, 1.807) is 55.5 Å². The first-order valence-electron chi connectivity index (χ1n) is 13.7. The second-order valence-electron chi connectivity index (χ2n) is 9.89. The van der Waals surface area contributed by atoms with Crippen molar-refractivity contribution >= 4 is 29.1 Å². The molecule has 0 radical (unpaired) electrons. The van der Waals surface area contributed by atoms with E-state index in [4.69, 9.17) is 25.2 Å². The van der Waals surface area contributed by atoms with Crippen molar-refractivity contribution in [3.8, 4) is 11.5 Å². The Hall–Kier alpha value is -4.81. The third kappa shape index (κ3) is 9.09. The van der Waals surface area contributed by atoms with Crippen LogP contribution in [0.5, 0.6) is 11.5 Å². The zero-order chi connectivity index (χ0) is 31.5. The Morgan fingerprint density at radius 1 is 1.07 bits per heavy atom. The first-order valence-corrected chi connectivity index (χ1v) is 13.7. The molecule has 0 bridgehead atoms. The fourth-order valence-electron chi connectivity index (χ4n) is 4.12. The summed E-state index contributed by atoms with van der Waals surface area (Å²) in [6.45, 7) is 6.62. The van der Waals surface area contributed by atoms with Gasteiger partial charge in [0.25, 0.3) is 5.91 Å². The lowest BCUT2D eigenvalue weighted by Crippen LogP contribution is -2.18. The molecule has 43 heavy (non-hydrogen) atoms. The van der Waals surface area contributed by atoms with E-state index in [9.17, 15) is 19.8 Å². The van der Waals surface area contributed by atoms with E-state index in [2.05, 4.69) is 15.8 Å². The van der Waals surface area contributed by atoms with E-state index in [0.29, 0.717) is 33.6 Å². The molecule has 1 amide bonds. The Morgan fingerprint density at radius 3 is 2.42 bits per heavy atom. The van der Waals surface area contributed by atoms with Gasteiger partial charge in [0.05, 0.1) is 24.9 Å². The summed E-state index contributed by atoms with van der Waals surface area (Å²) >= 11 is 0. The van der Waals surface area contributed by atoms with Gasteiger partial charge >= 0.3 is 5.97 Å². The van der Waals surface area contributed by atoms with Crippen LogP contribution in [0.1, 0.15) is 59.5 Å². The van der Waals surface area contributed by atoms with E-state index < -0.39 is 18.7 Å². The smallest absolute Gasteiger partial charge is 0.344 e. The number of oxime groups is 1. The van der Waals surface area contributed by atoms with Crippen molar-refractivity contribution in [2.45, 2.75) is 46.4 Å². The number of hydrogen-bond acceptors (Lipinski definition) is 10. The van der Waals surface area contributed by atoms with Gasteiger partial charge in [-0.1, -0.05) is 16.8 Å². The Bertz CT molecular complexity index is 1440. The molecule has 7 N–H and O–H groups in total. The molecule has 3 aromatic carbocycles. The van der Waals surface area contributed by atoms with Crippen LogP contribution in [0.15, 0.2) is 59.8 Å². The van der Waals surface area contributed by atoms with Crippen molar-refractivity contribution in [2.75, 3.05) is 30.5 Å². The fraction of sp³-hybridized carbons (Fsp3) is 0.323. The summed E-state index contributed by atoms with van der Waals surface area (Å²) in [6, 6.07) is 15.0. The molecule has 0 aromatic heterocycles. The Labute approximate surface area is 250 Å². The second kappa shape index (κ2) is 15.4. The number of nitrogens with zero attached hydrogens (tertiary/aromatic N) is 1. The Morgan fingerprint density at radius 2 is 1.79 bits per heavy atom. The van der Waals surface area contributed by atoms with Gasteiger partial charge in [-0.15, -0.1) is 0 Å². The molecule has 3 aromatic rings. The van der Waals surface area contributed by atoms with Crippen molar-refractivity contribution in [3.05, 3.63) is 82.4 Å². The van der Waals surface area contributed by atoms with Crippen LogP contribution in [-0.2, 0) is 16.1 Å². The predicted octanol–water partition coefficient (Wildman–Crippen LogP) is 3.71. The van der Waals surface area contributed by atoms with E-state index >= 15 is 0 Å². The molecule has 0 saturated heterocycles. The van der Waals surface area contributed by atoms with Crippen molar-refractivity contribution in [1.29, 1.82) is 0 Å². The van der Waals surface area contributed by atoms with Crippen LogP contribution in [-0.4, -0.2) is 59.1 Å². The summed E-state index contributed by atoms with van der Waals surface area (Å²) in [5.41, 5.74) is 9.23. The largest absolute Gasteiger partial charge is 0.487 e. The van der Waals surface area contributed by atoms with Crippen LogP contribution in [0.2, 0.25) is 0 Å². The van der Waals surface area contributed by atoms with Gasteiger partial charge in [0.1, 0.15) is 6.10 Å². The molecular formula is C31H38N4O8. The molecule has 0 unspecified atom stereocenters. The van der Waals surface area contributed by atoms with E-state index in [-0.39, 0.29) is 49.1 Å². The normalized spacial score (nSPS) is 12.0. The lowest BCUT2D eigenvalue weighted by Gasteiger charge is -2.21. The zero-order valence-corrected chi connectivity index (χ0v) is 24.6. The van der Waals surface area contributed by atoms with Crippen LogP contribution >= 0.6 is 0 Å². The molecule has 0 aliphatic carbocycles. The van der Waals surface area contributed by atoms with Gasteiger partial charge in [-0.25, -0.2) is 4.79 Å². The predicted molar refractivity (Wildman–Crippen MR) is 162 cm³/mol. The number of amidine groups is 1. The molecule has 1 atom stereocenters. The van der Waals surface area contributed by atoms with E-state index in [1.807, 2.05) is 26.8 Å². The standard InChI is InChI=1S/C31H38N4O8/c1-5-41-28(38)17-42-29-22(13-21(26(37)16-36)14-27(29)43-18(2)3)15-33-25-11-6-19(4)12-24(25)31(39)34-23-9-7-20(8-10-23)30(32)35-40/h6-14,18,26,33,36-37,40H,5,15-17H2,1-4H3,(H2,32,35)(H,34,39)/t26-/m1/s1. The summed E-state index contributed by atoms with van der Waals surface area (Å²) in [7, 11) is 0. The van der Waals surface area contributed by atoms with Crippen LogP contribution in [0.3, 0.4) is 0 Å². The highest BCUT2D eigenvalue weighted by molar-refractivity contribution is 6.08. The van der Waals surface area contributed by atoms with Crippen LogP contribution in [0.4, 0.5) is 11.4 Å². The number of aliphatic hydroxyl groups excluding tert-OH is 2. The highest BCUT2D eigenvalue weighted by Gasteiger charge is 2.21. The first-order chi connectivity index (χ1) is 20.6. The number of anilines is 2. The first kappa shape index (κ1) is 32.7. The van der Waals surface area contributed by atoms with Gasteiger partial charge in [-0.2, -0.15) is 0 Å². The number of aliphatic hydroxyl groups is 2. The summed E-state index contributed by atoms with van der Waals surface area (Å²) in [5, 5.41) is 37.9. The van der Waals surface area contributed by atoms with Gasteiger partial charge in [0.15, 0.2) is 23.9 Å². The molecule has 12 heteroatoms. The minimum absolute atomic E-state index is 0.0498. The molecule has 0 fully saturated rings. The maximum absolute atomic E-state index is 13.3. The highest BCUT2D eigenvalue weighted by atomic mass is 16.6. The number of aryl methyl sites for hydroxylation is 1. The molecule has 12 nitrogen and oxygen atoms in total. The molecule has 0 heterocycles. The number of carbonyl (C=O) groups is 2. The SMILES string of the molecule is CCOC(=O)COc1c(CNc2ccc(C)cc2C(=O)Nc2ccc(/C(N)=N/O)cc2)cc([C@H](O)CO)cc1OC(C)C. The number of esters is 1. The molecule has 0 aliphatic heterocycles. The lowest BCUT2D eigenvalue weighted by molar-refractivity contribution is -0.145. The summed E-state index contributed by atoms with van der Waals surface area (Å²) in [5.74, 6) is -0.459. The Kier molecular flexibility index (Phi) is 11.7. The molecule has 0 saturated carbocycles. The van der Waals surface area contributed by atoms with Crippen LogP contribution in [0.25, 0.3) is 0 Å². The van der Waals surface area contributed by atoms with Crippen molar-refractivity contribution in [3.63, 3.8) is 0 Å². The fourth-order valence-corrected chi connectivity index (χ4v) is 4.12. The maximum atomic E-state index is 13.3. The number of benzene rings is 3. The maximum Gasteiger partial charge on any atom is 0.344 e. The number of carbonyl (C=O) groups excluding carboxylic acids is 2. The van der Waals surface area contributed by atoms with Gasteiger partial charge in [-0.05, 0) is 81.8 Å². The number of amides is 1. The third-order valence-corrected chi connectivity index (χ3v) is 6.15. The minimum Gasteiger partial charge on any atom is -0.487 e. The highest BCUT2D eigenvalue weighted by Crippen LogP contribution is 2.36. The minimum atomic E-state index is -1.18. The summed E-state index contributed by atoms with van der Waals surface area (Å²) in [6.07, 6.45) is -1.44. The number of nitrogens with two attached hydrogens (primary N) is 1. The molecular weight excluding hydrogens is 556 g/mol. The number of ether oxygens (including phenoxy) is 3. The lowest BCUT2D eigenvalue weighted by atomic mass is 10.0. The monoisotopic (exact) mass is 594 g/mol. The van der Waals surface area contributed by atoms with Crippen LogP contribution in [0, 0.1) is 6.92 Å². The average Bonchev–Trinajstić information content (AvgIpc) is 2.99. The number of rotatable bonds is 14. The second-order valence-corrected chi connectivity index (χ2v) is 9.89. The van der Waals surface area contributed by atoms with Gasteiger partial charge in [0, 0.05) is 29.0 Å². The summed E-state index contributed by atoms with van der Waals surface area (Å²) in [4.78, 5) is 25.4. The topological polar surface area (TPSA) is 185 Å². The van der Waals surface area contributed by atoms with Crippen LogP contribution < -0.4 is 25.8 Å². The molecule has 3 rings (SSSR count). The number of hydrogen-bond donors (Lipinski definition) is 6. The van der Waals surface area contributed by atoms with Gasteiger partial charge in [-0.3, -0.25) is 4.79 Å². The quantitative estimate of drug-likeness (QED) is 0.0528. The van der Waals surface area contributed by atoms with Crippen molar-refractivity contribution in [2.24, 2.45) is 10.9 Å². The molecule has 230 valence electrons. The Balaban J connectivity index is 1.94. The van der Waals surface area contributed by atoms with Gasteiger partial charge < -0.3 is 46.0 Å². The third-order valence-electron chi connectivity index (χ3n) is 6.15. The van der Waals surface area contributed by atoms with Crippen molar-refractivity contribution in [1.82, 2.24) is 0 Å². The molecule has 0 spiro atoms.